The van der Waals surface area contributed by atoms with Crippen LogP contribution in [0.3, 0.4) is 0 Å². The fourth-order valence-corrected chi connectivity index (χ4v) is 3.81. The summed E-state index contributed by atoms with van der Waals surface area (Å²) >= 11 is 1.40. The Morgan fingerprint density at radius 3 is 2.68 bits per heavy atom. The van der Waals surface area contributed by atoms with Crippen molar-refractivity contribution < 1.29 is 13.9 Å². The maximum Gasteiger partial charge on any atom is 0.273 e. The van der Waals surface area contributed by atoms with Gasteiger partial charge in [0.25, 0.3) is 5.91 Å². The minimum atomic E-state index is -0.243. The quantitative estimate of drug-likeness (QED) is 0.654. The number of piperidine rings is 1. The van der Waals surface area contributed by atoms with Crippen molar-refractivity contribution in [3.8, 4) is 0 Å². The van der Waals surface area contributed by atoms with Gasteiger partial charge in [-0.15, -0.1) is 36.2 Å². The standard InChI is InChI=1S/C19H24FN3O2S.2ClH/c20-16-5-2-1-4-14(16)12-18-22-17(13-26-18)19(24)23-9-6-15(7-10-23)25-11-3-8-21;;/h1-2,4-5,13,15H,3,6-12,21H2;2*1H. The highest BCUT2D eigenvalue weighted by molar-refractivity contribution is 7.09. The average Bonchev–Trinajstić information content (AvgIpc) is 3.12. The summed E-state index contributed by atoms with van der Waals surface area (Å²) in [5.41, 5.74) is 6.51. The van der Waals surface area contributed by atoms with E-state index in [1.165, 1.54) is 17.4 Å². The molecule has 5 nitrogen and oxygen atoms in total. The van der Waals surface area contributed by atoms with Gasteiger partial charge in [-0.3, -0.25) is 4.79 Å². The van der Waals surface area contributed by atoms with Crippen molar-refractivity contribution in [2.75, 3.05) is 26.2 Å². The average molecular weight is 450 g/mol. The van der Waals surface area contributed by atoms with E-state index in [0.717, 1.165) is 24.3 Å². The van der Waals surface area contributed by atoms with Crippen molar-refractivity contribution in [2.24, 2.45) is 5.73 Å². The molecule has 2 N–H and O–H groups in total. The summed E-state index contributed by atoms with van der Waals surface area (Å²) < 4.78 is 19.5. The van der Waals surface area contributed by atoms with Crippen LogP contribution in [-0.2, 0) is 11.2 Å². The van der Waals surface area contributed by atoms with E-state index >= 15 is 0 Å². The fourth-order valence-electron chi connectivity index (χ4n) is 3.02. The topological polar surface area (TPSA) is 68.5 Å². The summed E-state index contributed by atoms with van der Waals surface area (Å²) in [6.45, 7) is 2.66. The molecule has 2 aromatic rings. The monoisotopic (exact) mass is 449 g/mol. The van der Waals surface area contributed by atoms with Crippen molar-refractivity contribution in [3.63, 3.8) is 0 Å². The number of likely N-dealkylation sites (tertiary alicyclic amines) is 1. The van der Waals surface area contributed by atoms with E-state index in [1.54, 1.807) is 23.6 Å². The van der Waals surface area contributed by atoms with E-state index in [9.17, 15) is 9.18 Å². The van der Waals surface area contributed by atoms with Crippen LogP contribution in [0.4, 0.5) is 4.39 Å². The molecular weight excluding hydrogens is 424 g/mol. The Morgan fingerprint density at radius 2 is 2.00 bits per heavy atom. The zero-order chi connectivity index (χ0) is 18.4. The van der Waals surface area contributed by atoms with Crippen molar-refractivity contribution in [2.45, 2.75) is 31.8 Å². The molecule has 0 atom stereocenters. The number of aromatic nitrogens is 1. The predicted molar refractivity (Wildman–Crippen MR) is 114 cm³/mol. The molecule has 1 saturated heterocycles. The van der Waals surface area contributed by atoms with E-state index < -0.39 is 0 Å². The molecule has 0 saturated carbocycles. The lowest BCUT2D eigenvalue weighted by Crippen LogP contribution is -2.41. The number of carbonyl (C=O) groups is 1. The van der Waals surface area contributed by atoms with Gasteiger partial charge in [-0.2, -0.15) is 0 Å². The van der Waals surface area contributed by atoms with Crippen LogP contribution in [0.25, 0.3) is 0 Å². The summed E-state index contributed by atoms with van der Waals surface area (Å²) in [6, 6.07) is 6.65. The van der Waals surface area contributed by atoms with Gasteiger partial charge in [-0.25, -0.2) is 9.37 Å². The molecule has 0 spiro atoms. The number of nitrogens with zero attached hydrogens (tertiary/aromatic N) is 2. The molecule has 1 aliphatic heterocycles. The van der Waals surface area contributed by atoms with Gasteiger partial charge in [-0.05, 0) is 37.4 Å². The van der Waals surface area contributed by atoms with Crippen LogP contribution in [0.2, 0.25) is 0 Å². The van der Waals surface area contributed by atoms with Gasteiger partial charge in [0.1, 0.15) is 11.5 Å². The zero-order valence-electron chi connectivity index (χ0n) is 15.5. The van der Waals surface area contributed by atoms with E-state index in [4.69, 9.17) is 10.5 Å². The summed E-state index contributed by atoms with van der Waals surface area (Å²) in [7, 11) is 0. The number of benzene rings is 1. The van der Waals surface area contributed by atoms with Gasteiger partial charge in [0, 0.05) is 31.5 Å². The molecule has 1 amide bonds. The number of halogens is 3. The first-order chi connectivity index (χ1) is 12.7. The van der Waals surface area contributed by atoms with Crippen molar-refractivity contribution in [3.05, 3.63) is 51.7 Å². The molecule has 1 aromatic heterocycles. The first-order valence-corrected chi connectivity index (χ1v) is 9.84. The smallest absolute Gasteiger partial charge is 0.273 e. The van der Waals surface area contributed by atoms with Crippen LogP contribution >= 0.6 is 36.2 Å². The number of hydrogen-bond acceptors (Lipinski definition) is 5. The molecule has 1 aromatic carbocycles. The highest BCUT2D eigenvalue weighted by Crippen LogP contribution is 2.20. The Balaban J connectivity index is 0.00000196. The highest BCUT2D eigenvalue weighted by Gasteiger charge is 2.25. The minimum Gasteiger partial charge on any atom is -0.378 e. The first kappa shape index (κ1) is 24.8. The molecule has 0 aliphatic carbocycles. The molecule has 3 rings (SSSR count). The Bertz CT molecular complexity index is 739. The summed E-state index contributed by atoms with van der Waals surface area (Å²) in [4.78, 5) is 18.9. The van der Waals surface area contributed by atoms with Crippen LogP contribution in [0.1, 0.15) is 40.3 Å². The molecule has 2 heterocycles. The molecular formula is C19H26Cl2FN3O2S. The van der Waals surface area contributed by atoms with Gasteiger partial charge < -0.3 is 15.4 Å². The zero-order valence-corrected chi connectivity index (χ0v) is 18.0. The van der Waals surface area contributed by atoms with E-state index in [1.807, 2.05) is 4.90 Å². The van der Waals surface area contributed by atoms with Crippen molar-refractivity contribution in [1.29, 1.82) is 0 Å². The Labute approximate surface area is 181 Å². The maximum absolute atomic E-state index is 13.8. The number of amides is 1. The van der Waals surface area contributed by atoms with Crippen LogP contribution < -0.4 is 5.73 Å². The van der Waals surface area contributed by atoms with E-state index in [0.29, 0.717) is 43.9 Å². The lowest BCUT2D eigenvalue weighted by atomic mass is 10.1. The number of nitrogens with two attached hydrogens (primary N) is 1. The third-order valence-corrected chi connectivity index (χ3v) is 5.35. The molecule has 9 heteroatoms. The molecule has 0 unspecified atom stereocenters. The van der Waals surface area contributed by atoms with E-state index in [2.05, 4.69) is 4.98 Å². The van der Waals surface area contributed by atoms with Gasteiger partial charge in [0.15, 0.2) is 0 Å². The largest absolute Gasteiger partial charge is 0.378 e. The summed E-state index contributed by atoms with van der Waals surface area (Å²) in [5, 5.41) is 2.51. The number of rotatable bonds is 7. The molecule has 1 aliphatic rings. The maximum atomic E-state index is 13.8. The predicted octanol–water partition coefficient (Wildman–Crippen LogP) is 3.69. The fraction of sp³-hybridized carbons (Fsp3) is 0.474. The number of ether oxygens (including phenoxy) is 1. The van der Waals surface area contributed by atoms with Gasteiger partial charge in [-0.1, -0.05) is 18.2 Å². The van der Waals surface area contributed by atoms with Crippen LogP contribution in [0.5, 0.6) is 0 Å². The van der Waals surface area contributed by atoms with Crippen LogP contribution in [0.15, 0.2) is 29.6 Å². The van der Waals surface area contributed by atoms with Gasteiger partial charge >= 0.3 is 0 Å². The number of thiazole rings is 1. The Morgan fingerprint density at radius 1 is 1.29 bits per heavy atom. The first-order valence-electron chi connectivity index (χ1n) is 8.96. The van der Waals surface area contributed by atoms with Crippen LogP contribution in [0, 0.1) is 5.82 Å². The molecule has 0 bridgehead atoms. The number of hydrogen-bond donors (Lipinski definition) is 1. The van der Waals surface area contributed by atoms with Gasteiger partial charge in [0.05, 0.1) is 11.1 Å². The van der Waals surface area contributed by atoms with Crippen molar-refractivity contribution in [1.82, 2.24) is 9.88 Å². The normalized spacial score (nSPS) is 14.3. The molecule has 156 valence electrons. The molecule has 1 fully saturated rings. The SMILES string of the molecule is Cl.Cl.NCCCOC1CCN(C(=O)c2csc(Cc3ccccc3F)n2)CC1. The summed E-state index contributed by atoms with van der Waals surface area (Å²) in [5.74, 6) is -0.297. The van der Waals surface area contributed by atoms with Gasteiger partial charge in [0.2, 0.25) is 0 Å². The summed E-state index contributed by atoms with van der Waals surface area (Å²) in [6.07, 6.45) is 3.15. The lowest BCUT2D eigenvalue weighted by Gasteiger charge is -2.31. The lowest BCUT2D eigenvalue weighted by molar-refractivity contribution is 0.00830. The second-order valence-electron chi connectivity index (χ2n) is 6.40. The molecule has 28 heavy (non-hydrogen) atoms. The Hall–Kier alpha value is -1.25. The van der Waals surface area contributed by atoms with E-state index in [-0.39, 0.29) is 42.6 Å². The highest BCUT2D eigenvalue weighted by atomic mass is 35.5. The second kappa shape index (κ2) is 12.3. The molecule has 0 radical (unpaired) electrons. The minimum absolute atomic E-state index is 0. The number of carbonyl (C=O) groups excluding carboxylic acids is 1. The van der Waals surface area contributed by atoms with Crippen LogP contribution in [-0.4, -0.2) is 48.1 Å². The third kappa shape index (κ3) is 6.67. The Kier molecular flexibility index (Phi) is 10.9. The second-order valence-corrected chi connectivity index (χ2v) is 7.34. The van der Waals surface area contributed by atoms with Crippen molar-refractivity contribution >= 4 is 42.1 Å². The third-order valence-electron chi connectivity index (χ3n) is 4.50.